The van der Waals surface area contributed by atoms with Crippen LogP contribution in [0.3, 0.4) is 0 Å². The number of rotatable bonds is 9. The number of hydrogen-bond donors (Lipinski definition) is 2. The first-order valence-electron chi connectivity index (χ1n) is 7.58. The Morgan fingerprint density at radius 2 is 2.21 bits per heavy atom. The molecule has 0 unspecified atom stereocenters. The predicted octanol–water partition coefficient (Wildman–Crippen LogP) is 3.10. The number of carbonyl (C=O) groups is 1. The van der Waals surface area contributed by atoms with Crippen LogP contribution in [0.15, 0.2) is 30.0 Å². The highest BCUT2D eigenvalue weighted by molar-refractivity contribution is 6.32. The van der Waals surface area contributed by atoms with E-state index in [9.17, 15) is 4.79 Å². The van der Waals surface area contributed by atoms with E-state index in [0.717, 1.165) is 6.42 Å². The van der Waals surface area contributed by atoms with Crippen LogP contribution in [0.4, 0.5) is 5.69 Å². The highest BCUT2D eigenvalue weighted by Crippen LogP contribution is 2.27. The first kappa shape index (κ1) is 19.8. The SMILES string of the molecule is COc1ccc(NC(=O)/C(C#N)=C\NCCCOC(C)C)cc1Cl. The second-order valence-electron chi connectivity index (χ2n) is 5.20. The van der Waals surface area contributed by atoms with Crippen LogP contribution in [-0.2, 0) is 9.53 Å². The van der Waals surface area contributed by atoms with Crippen molar-refractivity contribution >= 4 is 23.2 Å². The lowest BCUT2D eigenvalue weighted by atomic mass is 10.2. The van der Waals surface area contributed by atoms with E-state index in [1.165, 1.54) is 13.3 Å². The Balaban J connectivity index is 2.53. The summed E-state index contributed by atoms with van der Waals surface area (Å²) in [7, 11) is 1.51. The van der Waals surface area contributed by atoms with Crippen LogP contribution in [0.25, 0.3) is 0 Å². The van der Waals surface area contributed by atoms with E-state index in [2.05, 4.69) is 10.6 Å². The summed E-state index contributed by atoms with van der Waals surface area (Å²) in [6.07, 6.45) is 2.37. The Kier molecular flexibility index (Phi) is 8.69. The molecule has 7 heteroatoms. The van der Waals surface area contributed by atoms with Gasteiger partial charge >= 0.3 is 0 Å². The minimum absolute atomic E-state index is 0.0216. The van der Waals surface area contributed by atoms with Gasteiger partial charge in [-0.1, -0.05) is 11.6 Å². The van der Waals surface area contributed by atoms with Crippen molar-refractivity contribution in [3.63, 3.8) is 0 Å². The largest absolute Gasteiger partial charge is 0.495 e. The highest BCUT2D eigenvalue weighted by atomic mass is 35.5. The maximum absolute atomic E-state index is 12.1. The molecule has 0 atom stereocenters. The third-order valence-electron chi connectivity index (χ3n) is 2.94. The average Bonchev–Trinajstić information content (AvgIpc) is 2.54. The lowest BCUT2D eigenvalue weighted by Gasteiger charge is -2.08. The predicted molar refractivity (Wildman–Crippen MR) is 94.0 cm³/mol. The van der Waals surface area contributed by atoms with Gasteiger partial charge in [0.2, 0.25) is 0 Å². The van der Waals surface area contributed by atoms with Gasteiger partial charge in [0.05, 0.1) is 18.2 Å². The Hall–Kier alpha value is -2.23. The molecule has 0 spiro atoms. The lowest BCUT2D eigenvalue weighted by molar-refractivity contribution is -0.112. The zero-order chi connectivity index (χ0) is 17.9. The molecule has 1 aromatic rings. The topological polar surface area (TPSA) is 83.4 Å². The molecular formula is C17H22ClN3O3. The molecule has 0 radical (unpaired) electrons. The smallest absolute Gasteiger partial charge is 0.267 e. The summed E-state index contributed by atoms with van der Waals surface area (Å²) in [5, 5.41) is 15.0. The Labute approximate surface area is 147 Å². The van der Waals surface area contributed by atoms with E-state index >= 15 is 0 Å². The van der Waals surface area contributed by atoms with E-state index in [0.29, 0.717) is 29.6 Å². The number of hydrogen-bond acceptors (Lipinski definition) is 5. The molecule has 24 heavy (non-hydrogen) atoms. The van der Waals surface area contributed by atoms with Crippen LogP contribution in [-0.4, -0.2) is 32.3 Å². The molecular weight excluding hydrogens is 330 g/mol. The van der Waals surface area contributed by atoms with Crippen molar-refractivity contribution in [3.8, 4) is 11.8 Å². The molecule has 0 fully saturated rings. The zero-order valence-electron chi connectivity index (χ0n) is 14.1. The standard InChI is InChI=1S/C17H22ClN3O3/c1-12(2)24-8-4-7-20-11-13(10-19)17(22)21-14-5-6-16(23-3)15(18)9-14/h5-6,9,11-12,20H,4,7-8H2,1-3H3,(H,21,22)/b13-11-. The summed E-state index contributed by atoms with van der Waals surface area (Å²) in [5.74, 6) is 0.000613. The second-order valence-corrected chi connectivity index (χ2v) is 5.61. The van der Waals surface area contributed by atoms with Crippen LogP contribution >= 0.6 is 11.6 Å². The van der Waals surface area contributed by atoms with E-state index in [-0.39, 0.29) is 11.7 Å². The summed E-state index contributed by atoms with van der Waals surface area (Å²) in [6.45, 7) is 5.17. The van der Waals surface area contributed by atoms with Crippen LogP contribution in [0.1, 0.15) is 20.3 Å². The third kappa shape index (κ3) is 6.90. The van der Waals surface area contributed by atoms with Gasteiger partial charge in [-0.25, -0.2) is 0 Å². The fraction of sp³-hybridized carbons (Fsp3) is 0.412. The van der Waals surface area contributed by atoms with Crippen molar-refractivity contribution < 1.29 is 14.3 Å². The van der Waals surface area contributed by atoms with Gasteiger partial charge in [0.25, 0.3) is 5.91 Å². The van der Waals surface area contributed by atoms with Gasteiger partial charge in [0.15, 0.2) is 0 Å². The summed E-state index contributed by atoms with van der Waals surface area (Å²) in [5.41, 5.74) is 0.462. The monoisotopic (exact) mass is 351 g/mol. The average molecular weight is 352 g/mol. The molecule has 0 aliphatic rings. The molecule has 0 bridgehead atoms. The minimum Gasteiger partial charge on any atom is -0.495 e. The number of carbonyl (C=O) groups excluding carboxylic acids is 1. The number of nitrogens with zero attached hydrogens (tertiary/aromatic N) is 1. The first-order valence-corrected chi connectivity index (χ1v) is 7.96. The van der Waals surface area contributed by atoms with E-state index in [4.69, 9.17) is 26.3 Å². The fourth-order valence-corrected chi connectivity index (χ4v) is 2.02. The number of benzene rings is 1. The lowest BCUT2D eigenvalue weighted by Crippen LogP contribution is -2.18. The number of nitrogens with one attached hydrogen (secondary N) is 2. The Bertz CT molecular complexity index is 624. The number of halogens is 1. The second kappa shape index (κ2) is 10.5. The minimum atomic E-state index is -0.510. The van der Waals surface area contributed by atoms with Crippen LogP contribution in [0.5, 0.6) is 5.75 Å². The summed E-state index contributed by atoms with van der Waals surface area (Å²) < 4.78 is 10.4. The zero-order valence-corrected chi connectivity index (χ0v) is 14.8. The number of ether oxygens (including phenoxy) is 2. The molecule has 1 aromatic carbocycles. The summed E-state index contributed by atoms with van der Waals surface area (Å²) >= 11 is 6.00. The molecule has 0 heterocycles. The number of amides is 1. The molecule has 0 aliphatic heterocycles. The molecule has 0 aliphatic carbocycles. The Morgan fingerprint density at radius 3 is 2.79 bits per heavy atom. The van der Waals surface area contributed by atoms with E-state index in [1.54, 1.807) is 18.2 Å². The fourth-order valence-electron chi connectivity index (χ4n) is 1.76. The van der Waals surface area contributed by atoms with Gasteiger partial charge in [-0.2, -0.15) is 5.26 Å². The molecule has 0 aromatic heterocycles. The number of anilines is 1. The molecule has 0 saturated heterocycles. The molecule has 130 valence electrons. The van der Waals surface area contributed by atoms with Crippen LogP contribution in [0.2, 0.25) is 5.02 Å². The van der Waals surface area contributed by atoms with E-state index < -0.39 is 5.91 Å². The molecule has 2 N–H and O–H groups in total. The van der Waals surface area contributed by atoms with Gasteiger partial charge < -0.3 is 20.1 Å². The van der Waals surface area contributed by atoms with Crippen molar-refractivity contribution in [2.24, 2.45) is 0 Å². The molecule has 1 rings (SSSR count). The maximum Gasteiger partial charge on any atom is 0.267 e. The molecule has 0 saturated carbocycles. The normalized spacial score (nSPS) is 11.1. The van der Waals surface area contributed by atoms with Crippen LogP contribution in [0, 0.1) is 11.3 Å². The summed E-state index contributed by atoms with van der Waals surface area (Å²) in [4.78, 5) is 12.1. The molecule has 1 amide bonds. The summed E-state index contributed by atoms with van der Waals surface area (Å²) in [6, 6.07) is 6.71. The van der Waals surface area contributed by atoms with Crippen molar-refractivity contribution in [3.05, 3.63) is 35.0 Å². The Morgan fingerprint density at radius 1 is 1.46 bits per heavy atom. The van der Waals surface area contributed by atoms with Crippen LogP contribution < -0.4 is 15.4 Å². The van der Waals surface area contributed by atoms with Gasteiger partial charge in [0.1, 0.15) is 17.4 Å². The van der Waals surface area contributed by atoms with Crippen molar-refractivity contribution in [2.75, 3.05) is 25.6 Å². The highest BCUT2D eigenvalue weighted by Gasteiger charge is 2.10. The van der Waals surface area contributed by atoms with Gasteiger partial charge in [0, 0.05) is 25.0 Å². The quantitative estimate of drug-likeness (QED) is 0.406. The third-order valence-corrected chi connectivity index (χ3v) is 3.23. The van der Waals surface area contributed by atoms with Crippen molar-refractivity contribution in [1.29, 1.82) is 5.26 Å². The van der Waals surface area contributed by atoms with Crippen molar-refractivity contribution in [2.45, 2.75) is 26.4 Å². The maximum atomic E-state index is 12.1. The van der Waals surface area contributed by atoms with Gasteiger partial charge in [-0.3, -0.25) is 4.79 Å². The number of methoxy groups -OCH3 is 1. The van der Waals surface area contributed by atoms with E-state index in [1.807, 2.05) is 19.9 Å². The van der Waals surface area contributed by atoms with Gasteiger partial charge in [-0.05, 0) is 38.5 Å². The van der Waals surface area contributed by atoms with Crippen molar-refractivity contribution in [1.82, 2.24) is 5.32 Å². The van der Waals surface area contributed by atoms with Gasteiger partial charge in [-0.15, -0.1) is 0 Å². The first-order chi connectivity index (χ1) is 11.5. The number of nitriles is 1. The molecule has 6 nitrogen and oxygen atoms in total.